The highest BCUT2D eigenvalue weighted by Crippen LogP contribution is 2.24. The van der Waals surface area contributed by atoms with Crippen molar-refractivity contribution in [2.75, 3.05) is 5.73 Å². The normalized spacial score (nSPS) is 9.93. The van der Waals surface area contributed by atoms with E-state index in [0.29, 0.717) is 5.69 Å². The Balaban J connectivity index is 2.22. The molecule has 2 aromatic carbocycles. The van der Waals surface area contributed by atoms with Crippen molar-refractivity contribution >= 4 is 5.69 Å². The third kappa shape index (κ3) is 2.29. The van der Waals surface area contributed by atoms with Crippen LogP contribution in [0.1, 0.15) is 5.56 Å². The van der Waals surface area contributed by atoms with E-state index < -0.39 is 0 Å². The molecule has 2 nitrogen and oxygen atoms in total. The zero-order valence-electron chi connectivity index (χ0n) is 8.53. The van der Waals surface area contributed by atoms with Gasteiger partial charge in [0.05, 0.1) is 0 Å². The lowest BCUT2D eigenvalue weighted by atomic mass is 10.2. The van der Waals surface area contributed by atoms with Crippen LogP contribution in [0.25, 0.3) is 0 Å². The van der Waals surface area contributed by atoms with E-state index in [1.807, 2.05) is 37.3 Å². The van der Waals surface area contributed by atoms with Crippen LogP contribution in [0.3, 0.4) is 0 Å². The van der Waals surface area contributed by atoms with Gasteiger partial charge in [-0.15, -0.1) is 0 Å². The average Bonchev–Trinajstić information content (AvgIpc) is 2.25. The molecule has 2 aromatic rings. The van der Waals surface area contributed by atoms with Crippen molar-refractivity contribution in [2.24, 2.45) is 0 Å². The Labute approximate surface area is 89.3 Å². The molecule has 0 bridgehead atoms. The molecule has 1 radical (unpaired) electrons. The van der Waals surface area contributed by atoms with Gasteiger partial charge in [-0.05, 0) is 36.8 Å². The molecule has 0 aliphatic carbocycles. The van der Waals surface area contributed by atoms with Gasteiger partial charge < -0.3 is 10.5 Å². The molecule has 0 unspecified atom stereocenters. The van der Waals surface area contributed by atoms with E-state index in [-0.39, 0.29) is 0 Å². The van der Waals surface area contributed by atoms with E-state index in [2.05, 4.69) is 6.07 Å². The van der Waals surface area contributed by atoms with E-state index >= 15 is 0 Å². The van der Waals surface area contributed by atoms with Gasteiger partial charge in [0.2, 0.25) is 0 Å². The highest BCUT2D eigenvalue weighted by molar-refractivity contribution is 5.43. The summed E-state index contributed by atoms with van der Waals surface area (Å²) in [5, 5.41) is 0. The van der Waals surface area contributed by atoms with Gasteiger partial charge >= 0.3 is 0 Å². The Hall–Kier alpha value is -1.96. The molecule has 2 rings (SSSR count). The maximum Gasteiger partial charge on any atom is 0.130 e. The van der Waals surface area contributed by atoms with Crippen LogP contribution in [-0.4, -0.2) is 0 Å². The molecule has 0 heterocycles. The highest BCUT2D eigenvalue weighted by Gasteiger charge is 1.99. The fourth-order valence-electron chi connectivity index (χ4n) is 1.28. The molecule has 15 heavy (non-hydrogen) atoms. The summed E-state index contributed by atoms with van der Waals surface area (Å²) in [5.41, 5.74) is 7.26. The molecular formula is C13H12NO. The molecule has 0 atom stereocenters. The van der Waals surface area contributed by atoms with Crippen molar-refractivity contribution in [1.82, 2.24) is 0 Å². The zero-order valence-corrected chi connectivity index (χ0v) is 8.53. The predicted octanol–water partition coefficient (Wildman–Crippen LogP) is 3.17. The van der Waals surface area contributed by atoms with Crippen LogP contribution in [-0.2, 0) is 0 Å². The first-order chi connectivity index (χ1) is 7.25. The standard InChI is InChI=1S/C13H12NO/c1-10-4-2-3-5-13(10)15-12-8-6-11(14)7-9-12/h2-6,8-9H,14H2,1H3. The van der Waals surface area contributed by atoms with Crippen molar-refractivity contribution in [1.29, 1.82) is 0 Å². The van der Waals surface area contributed by atoms with Crippen LogP contribution < -0.4 is 10.5 Å². The largest absolute Gasteiger partial charge is 0.457 e. The zero-order chi connectivity index (χ0) is 10.7. The van der Waals surface area contributed by atoms with Crippen molar-refractivity contribution in [3.8, 4) is 11.5 Å². The van der Waals surface area contributed by atoms with Crippen LogP contribution in [0.4, 0.5) is 5.69 Å². The second kappa shape index (κ2) is 4.05. The second-order valence-electron chi connectivity index (χ2n) is 3.35. The second-order valence-corrected chi connectivity index (χ2v) is 3.35. The Kier molecular flexibility index (Phi) is 2.59. The fourth-order valence-corrected chi connectivity index (χ4v) is 1.28. The Morgan fingerprint density at radius 1 is 1.13 bits per heavy atom. The molecule has 0 fully saturated rings. The summed E-state index contributed by atoms with van der Waals surface area (Å²) in [7, 11) is 0. The molecular weight excluding hydrogens is 186 g/mol. The number of benzene rings is 2. The van der Waals surface area contributed by atoms with Gasteiger partial charge in [-0.3, -0.25) is 0 Å². The van der Waals surface area contributed by atoms with Gasteiger partial charge in [0.1, 0.15) is 11.5 Å². The number of hydrogen-bond acceptors (Lipinski definition) is 2. The molecule has 0 spiro atoms. The van der Waals surface area contributed by atoms with E-state index in [9.17, 15) is 0 Å². The summed E-state index contributed by atoms with van der Waals surface area (Å²) >= 11 is 0. The molecule has 0 amide bonds. The van der Waals surface area contributed by atoms with Crippen molar-refractivity contribution in [2.45, 2.75) is 6.92 Å². The third-order valence-electron chi connectivity index (χ3n) is 2.13. The minimum atomic E-state index is 0.618. The van der Waals surface area contributed by atoms with Gasteiger partial charge in [-0.1, -0.05) is 18.2 Å². The summed E-state index contributed by atoms with van der Waals surface area (Å²) in [6, 6.07) is 16.1. The average molecular weight is 198 g/mol. The summed E-state index contributed by atoms with van der Waals surface area (Å²) in [5.74, 6) is 1.61. The van der Waals surface area contributed by atoms with Gasteiger partial charge in [-0.25, -0.2) is 0 Å². The summed E-state index contributed by atoms with van der Waals surface area (Å²) in [6.07, 6.45) is 0. The summed E-state index contributed by atoms with van der Waals surface area (Å²) < 4.78 is 5.68. The van der Waals surface area contributed by atoms with Gasteiger partial charge in [0, 0.05) is 11.8 Å². The number of ether oxygens (including phenoxy) is 1. The van der Waals surface area contributed by atoms with Crippen LogP contribution in [0, 0.1) is 13.0 Å². The smallest absolute Gasteiger partial charge is 0.130 e. The van der Waals surface area contributed by atoms with Gasteiger partial charge in [-0.2, -0.15) is 0 Å². The number of anilines is 1. The fraction of sp³-hybridized carbons (Fsp3) is 0.0769. The SMILES string of the molecule is Cc1ccccc1Oc1c[c]c(N)cc1. The molecule has 2 N–H and O–H groups in total. The van der Waals surface area contributed by atoms with E-state index in [0.717, 1.165) is 17.1 Å². The number of para-hydroxylation sites is 1. The summed E-state index contributed by atoms with van der Waals surface area (Å²) in [6.45, 7) is 2.01. The maximum absolute atomic E-state index is 5.68. The number of hydrogen-bond donors (Lipinski definition) is 1. The first-order valence-corrected chi connectivity index (χ1v) is 4.76. The third-order valence-corrected chi connectivity index (χ3v) is 2.13. The topological polar surface area (TPSA) is 35.2 Å². The van der Waals surface area contributed by atoms with E-state index in [1.54, 1.807) is 12.1 Å². The first kappa shape index (κ1) is 9.59. The van der Waals surface area contributed by atoms with Crippen LogP contribution >= 0.6 is 0 Å². The molecule has 75 valence electrons. The minimum Gasteiger partial charge on any atom is -0.457 e. The molecule has 0 aliphatic heterocycles. The predicted molar refractivity (Wildman–Crippen MR) is 60.9 cm³/mol. The highest BCUT2D eigenvalue weighted by atomic mass is 16.5. The Morgan fingerprint density at radius 2 is 1.93 bits per heavy atom. The first-order valence-electron chi connectivity index (χ1n) is 4.76. The molecule has 2 heteroatoms. The van der Waals surface area contributed by atoms with Crippen LogP contribution in [0.5, 0.6) is 11.5 Å². The van der Waals surface area contributed by atoms with Crippen molar-refractivity contribution in [3.63, 3.8) is 0 Å². The lowest BCUT2D eigenvalue weighted by Crippen LogP contribution is -1.88. The molecule has 0 aromatic heterocycles. The minimum absolute atomic E-state index is 0.618. The lowest BCUT2D eigenvalue weighted by Gasteiger charge is -2.07. The Bertz CT molecular complexity index is 448. The number of rotatable bonds is 2. The summed E-state index contributed by atoms with van der Waals surface area (Å²) in [4.78, 5) is 0. The van der Waals surface area contributed by atoms with Gasteiger partial charge in [0.25, 0.3) is 0 Å². The van der Waals surface area contributed by atoms with E-state index in [1.165, 1.54) is 0 Å². The number of aryl methyl sites for hydroxylation is 1. The molecule has 0 saturated heterocycles. The van der Waals surface area contributed by atoms with Crippen LogP contribution in [0.2, 0.25) is 0 Å². The Morgan fingerprint density at radius 3 is 2.60 bits per heavy atom. The number of nitrogens with two attached hydrogens (primary N) is 1. The number of nitrogen functional groups attached to an aromatic ring is 1. The van der Waals surface area contributed by atoms with Crippen molar-refractivity contribution in [3.05, 3.63) is 54.1 Å². The monoisotopic (exact) mass is 198 g/mol. The van der Waals surface area contributed by atoms with Crippen LogP contribution in [0.15, 0.2) is 42.5 Å². The molecule has 0 aliphatic rings. The lowest BCUT2D eigenvalue weighted by molar-refractivity contribution is 0.479. The molecule has 0 saturated carbocycles. The maximum atomic E-state index is 5.68. The van der Waals surface area contributed by atoms with E-state index in [4.69, 9.17) is 10.5 Å². The van der Waals surface area contributed by atoms with Crippen molar-refractivity contribution < 1.29 is 4.74 Å². The van der Waals surface area contributed by atoms with Gasteiger partial charge in [0.15, 0.2) is 0 Å². The quantitative estimate of drug-likeness (QED) is 0.752.